The van der Waals surface area contributed by atoms with Gasteiger partial charge in [0.25, 0.3) is 0 Å². The van der Waals surface area contributed by atoms with Gasteiger partial charge in [0.1, 0.15) is 0 Å². The lowest BCUT2D eigenvalue weighted by Gasteiger charge is -2.28. The van der Waals surface area contributed by atoms with Gasteiger partial charge in [0, 0.05) is 12.1 Å². The SMILES string of the molecule is CC(C)(CO)NCC1CCC2(CCCC2)O1. The first-order valence-corrected chi connectivity index (χ1v) is 6.59. The molecule has 2 fully saturated rings. The Kier molecular flexibility index (Phi) is 3.57. The van der Waals surface area contributed by atoms with Crippen LogP contribution in [0.2, 0.25) is 0 Å². The van der Waals surface area contributed by atoms with Gasteiger partial charge in [-0.3, -0.25) is 0 Å². The lowest BCUT2D eigenvalue weighted by atomic mass is 9.98. The minimum Gasteiger partial charge on any atom is -0.394 e. The Morgan fingerprint density at radius 2 is 2.00 bits per heavy atom. The molecule has 1 spiro atoms. The molecule has 0 radical (unpaired) electrons. The molecule has 1 atom stereocenters. The predicted octanol–water partition coefficient (Wildman–Crippen LogP) is 1.84. The first kappa shape index (κ1) is 12.3. The molecule has 1 aliphatic carbocycles. The van der Waals surface area contributed by atoms with Gasteiger partial charge >= 0.3 is 0 Å². The van der Waals surface area contributed by atoms with Gasteiger partial charge in [-0.25, -0.2) is 0 Å². The van der Waals surface area contributed by atoms with Crippen LogP contribution < -0.4 is 5.32 Å². The molecule has 1 aliphatic heterocycles. The van der Waals surface area contributed by atoms with Crippen molar-refractivity contribution in [1.29, 1.82) is 0 Å². The highest BCUT2D eigenvalue weighted by atomic mass is 16.5. The molecule has 2 rings (SSSR count). The third kappa shape index (κ3) is 2.76. The predicted molar refractivity (Wildman–Crippen MR) is 64.5 cm³/mol. The van der Waals surface area contributed by atoms with Crippen molar-refractivity contribution in [3.63, 3.8) is 0 Å². The molecular weight excluding hydrogens is 202 g/mol. The van der Waals surface area contributed by atoms with Gasteiger partial charge in [0.15, 0.2) is 0 Å². The lowest BCUT2D eigenvalue weighted by molar-refractivity contribution is -0.0378. The van der Waals surface area contributed by atoms with Crippen LogP contribution in [-0.2, 0) is 4.74 Å². The summed E-state index contributed by atoms with van der Waals surface area (Å²) in [6.07, 6.45) is 7.95. The Labute approximate surface area is 98.6 Å². The fourth-order valence-corrected chi connectivity index (χ4v) is 2.87. The average Bonchev–Trinajstić information content (AvgIpc) is 2.87. The van der Waals surface area contributed by atoms with E-state index in [-0.39, 0.29) is 17.7 Å². The maximum Gasteiger partial charge on any atom is 0.0708 e. The highest BCUT2D eigenvalue weighted by Crippen LogP contribution is 2.43. The molecule has 94 valence electrons. The van der Waals surface area contributed by atoms with E-state index >= 15 is 0 Å². The summed E-state index contributed by atoms with van der Waals surface area (Å²) >= 11 is 0. The second kappa shape index (κ2) is 4.63. The van der Waals surface area contributed by atoms with Crippen molar-refractivity contribution >= 4 is 0 Å². The number of rotatable bonds is 4. The summed E-state index contributed by atoms with van der Waals surface area (Å²) in [7, 11) is 0. The van der Waals surface area contributed by atoms with Crippen LogP contribution in [0.3, 0.4) is 0 Å². The maximum absolute atomic E-state index is 9.17. The van der Waals surface area contributed by atoms with Crippen molar-refractivity contribution in [2.24, 2.45) is 0 Å². The maximum atomic E-state index is 9.17. The molecule has 0 aromatic rings. The van der Waals surface area contributed by atoms with E-state index in [9.17, 15) is 0 Å². The summed E-state index contributed by atoms with van der Waals surface area (Å²) in [4.78, 5) is 0. The Morgan fingerprint density at radius 3 is 2.62 bits per heavy atom. The molecule has 2 aliphatic rings. The smallest absolute Gasteiger partial charge is 0.0708 e. The van der Waals surface area contributed by atoms with Crippen molar-refractivity contribution < 1.29 is 9.84 Å². The van der Waals surface area contributed by atoms with Gasteiger partial charge in [-0.1, -0.05) is 12.8 Å². The van der Waals surface area contributed by atoms with E-state index in [4.69, 9.17) is 9.84 Å². The van der Waals surface area contributed by atoms with E-state index in [1.807, 2.05) is 13.8 Å². The zero-order valence-corrected chi connectivity index (χ0v) is 10.6. The largest absolute Gasteiger partial charge is 0.394 e. The second-order valence-electron chi connectivity index (χ2n) is 6.09. The van der Waals surface area contributed by atoms with E-state index in [0.717, 1.165) is 6.54 Å². The van der Waals surface area contributed by atoms with Crippen LogP contribution in [0.15, 0.2) is 0 Å². The summed E-state index contributed by atoms with van der Waals surface area (Å²) in [5, 5.41) is 12.6. The van der Waals surface area contributed by atoms with E-state index in [1.54, 1.807) is 0 Å². The molecule has 0 aromatic heterocycles. The molecule has 2 N–H and O–H groups in total. The van der Waals surface area contributed by atoms with Crippen molar-refractivity contribution in [3.8, 4) is 0 Å². The van der Waals surface area contributed by atoms with Gasteiger partial charge in [-0.05, 0) is 39.5 Å². The van der Waals surface area contributed by atoms with Crippen molar-refractivity contribution in [2.45, 2.75) is 69.6 Å². The number of aliphatic hydroxyl groups excluding tert-OH is 1. The third-order valence-corrected chi connectivity index (χ3v) is 4.06. The Morgan fingerprint density at radius 1 is 1.31 bits per heavy atom. The first-order valence-electron chi connectivity index (χ1n) is 6.59. The minimum absolute atomic E-state index is 0.171. The molecule has 0 aromatic carbocycles. The monoisotopic (exact) mass is 227 g/mol. The number of nitrogens with one attached hydrogen (secondary N) is 1. The van der Waals surface area contributed by atoms with E-state index < -0.39 is 0 Å². The molecule has 0 amide bonds. The molecule has 3 nitrogen and oxygen atoms in total. The van der Waals surface area contributed by atoms with Crippen LogP contribution in [0.25, 0.3) is 0 Å². The highest BCUT2D eigenvalue weighted by molar-refractivity contribution is 4.93. The lowest BCUT2D eigenvalue weighted by Crippen LogP contribution is -2.46. The summed E-state index contributed by atoms with van der Waals surface area (Å²) in [6, 6.07) is 0. The van der Waals surface area contributed by atoms with Gasteiger partial charge in [-0.15, -0.1) is 0 Å². The Bertz CT molecular complexity index is 234. The third-order valence-electron chi connectivity index (χ3n) is 4.06. The van der Waals surface area contributed by atoms with Crippen molar-refractivity contribution in [3.05, 3.63) is 0 Å². The molecule has 1 saturated heterocycles. The van der Waals surface area contributed by atoms with Crippen LogP contribution >= 0.6 is 0 Å². The molecule has 1 saturated carbocycles. The average molecular weight is 227 g/mol. The zero-order chi connectivity index (χ0) is 11.6. The van der Waals surface area contributed by atoms with E-state index in [2.05, 4.69) is 5.32 Å². The van der Waals surface area contributed by atoms with Gasteiger partial charge in [0.05, 0.1) is 18.3 Å². The zero-order valence-electron chi connectivity index (χ0n) is 10.6. The quantitative estimate of drug-likeness (QED) is 0.770. The summed E-state index contributed by atoms with van der Waals surface area (Å²) in [6.45, 7) is 5.08. The number of aliphatic hydroxyl groups is 1. The number of hydrogen-bond donors (Lipinski definition) is 2. The van der Waals surface area contributed by atoms with Gasteiger partial charge in [-0.2, -0.15) is 0 Å². The standard InChI is InChI=1S/C13H25NO2/c1-12(2,10-15)14-9-11-5-8-13(16-11)6-3-4-7-13/h11,14-15H,3-10H2,1-2H3. The minimum atomic E-state index is -0.186. The van der Waals surface area contributed by atoms with Gasteiger partial charge < -0.3 is 15.2 Å². The fraction of sp³-hybridized carbons (Fsp3) is 1.00. The molecule has 3 heteroatoms. The highest BCUT2D eigenvalue weighted by Gasteiger charge is 2.42. The van der Waals surface area contributed by atoms with E-state index in [1.165, 1.54) is 38.5 Å². The van der Waals surface area contributed by atoms with Crippen molar-refractivity contribution in [1.82, 2.24) is 5.32 Å². The molecular formula is C13H25NO2. The topological polar surface area (TPSA) is 41.5 Å². The van der Waals surface area contributed by atoms with Crippen LogP contribution in [0.4, 0.5) is 0 Å². The van der Waals surface area contributed by atoms with E-state index in [0.29, 0.717) is 6.10 Å². The number of hydrogen-bond acceptors (Lipinski definition) is 3. The van der Waals surface area contributed by atoms with Gasteiger partial charge in [0.2, 0.25) is 0 Å². The normalized spacial score (nSPS) is 29.1. The van der Waals surface area contributed by atoms with Crippen LogP contribution in [0, 0.1) is 0 Å². The Balaban J connectivity index is 1.77. The molecule has 1 unspecified atom stereocenters. The van der Waals surface area contributed by atoms with Crippen LogP contribution in [-0.4, -0.2) is 35.5 Å². The Hall–Kier alpha value is -0.120. The molecule has 16 heavy (non-hydrogen) atoms. The fourth-order valence-electron chi connectivity index (χ4n) is 2.87. The van der Waals surface area contributed by atoms with Crippen LogP contribution in [0.1, 0.15) is 52.4 Å². The van der Waals surface area contributed by atoms with Crippen molar-refractivity contribution in [2.75, 3.05) is 13.2 Å². The summed E-state index contributed by atoms with van der Waals surface area (Å²) in [5.41, 5.74) is 0.0461. The second-order valence-corrected chi connectivity index (χ2v) is 6.09. The van der Waals surface area contributed by atoms with Crippen LogP contribution in [0.5, 0.6) is 0 Å². The number of ether oxygens (including phenoxy) is 1. The molecule has 1 heterocycles. The summed E-state index contributed by atoms with van der Waals surface area (Å²) < 4.78 is 6.21. The summed E-state index contributed by atoms with van der Waals surface area (Å²) in [5.74, 6) is 0. The molecule has 0 bridgehead atoms. The first-order chi connectivity index (χ1) is 7.55.